The van der Waals surface area contributed by atoms with Gasteiger partial charge in [0.2, 0.25) is 0 Å². The second kappa shape index (κ2) is 7.33. The molecule has 0 bridgehead atoms. The third kappa shape index (κ3) is 4.04. The molecule has 0 unspecified atom stereocenters. The lowest BCUT2D eigenvalue weighted by molar-refractivity contribution is 0.0988. The van der Waals surface area contributed by atoms with Crippen LogP contribution in [0.15, 0.2) is 18.2 Å². The van der Waals surface area contributed by atoms with Gasteiger partial charge in [0.25, 0.3) is 0 Å². The van der Waals surface area contributed by atoms with E-state index in [1.54, 1.807) is 0 Å². The maximum Gasteiger partial charge on any atom is 0.164 e. The van der Waals surface area contributed by atoms with E-state index in [0.717, 1.165) is 29.7 Å². The maximum absolute atomic E-state index is 11.8. The quantitative estimate of drug-likeness (QED) is 0.546. The Morgan fingerprint density at radius 3 is 2.71 bits per heavy atom. The zero-order chi connectivity index (χ0) is 12.7. The van der Waals surface area contributed by atoms with Crippen LogP contribution in [0.25, 0.3) is 0 Å². The van der Waals surface area contributed by atoms with Crippen molar-refractivity contribution in [2.24, 2.45) is 0 Å². The van der Waals surface area contributed by atoms with Gasteiger partial charge < -0.3 is 4.74 Å². The molecular weight excluding hydrogens is 236 g/mol. The Morgan fingerprint density at radius 2 is 2.12 bits per heavy atom. The summed E-state index contributed by atoms with van der Waals surface area (Å²) in [5.41, 5.74) is 1.81. The van der Waals surface area contributed by atoms with Crippen molar-refractivity contribution in [3.63, 3.8) is 0 Å². The Kier molecular flexibility index (Phi) is 6.06. The first-order valence-electron chi connectivity index (χ1n) is 6.07. The molecule has 0 aliphatic carbocycles. The zero-order valence-electron chi connectivity index (χ0n) is 10.5. The fourth-order valence-electron chi connectivity index (χ4n) is 1.66. The number of carbonyl (C=O) groups excluding carboxylic acids is 1. The third-order valence-electron chi connectivity index (χ3n) is 2.55. The van der Waals surface area contributed by atoms with Gasteiger partial charge in [0.15, 0.2) is 5.78 Å². The third-order valence-corrected chi connectivity index (χ3v) is 2.74. The molecule has 0 aliphatic rings. The highest BCUT2D eigenvalue weighted by molar-refractivity contribution is 6.19. The van der Waals surface area contributed by atoms with Crippen LogP contribution in [0.1, 0.15) is 42.6 Å². The van der Waals surface area contributed by atoms with Gasteiger partial charge >= 0.3 is 0 Å². The molecule has 0 atom stereocenters. The number of hydrogen-bond acceptors (Lipinski definition) is 2. The Labute approximate surface area is 108 Å². The minimum absolute atomic E-state index is 0.110. The first kappa shape index (κ1) is 14.0. The van der Waals surface area contributed by atoms with Crippen molar-refractivity contribution in [1.82, 2.24) is 0 Å². The van der Waals surface area contributed by atoms with Crippen LogP contribution < -0.4 is 4.74 Å². The average Bonchev–Trinajstić information content (AvgIpc) is 2.36. The van der Waals surface area contributed by atoms with Gasteiger partial charge in [-0.05, 0) is 36.6 Å². The monoisotopic (exact) mass is 254 g/mol. The topological polar surface area (TPSA) is 26.3 Å². The van der Waals surface area contributed by atoms with Crippen LogP contribution in [0.4, 0.5) is 0 Å². The molecule has 0 saturated carbocycles. The van der Waals surface area contributed by atoms with E-state index in [1.807, 2.05) is 25.1 Å². The first-order valence-corrected chi connectivity index (χ1v) is 6.61. The fraction of sp³-hybridized carbons (Fsp3) is 0.500. The predicted molar refractivity (Wildman–Crippen MR) is 71.3 cm³/mol. The number of carbonyl (C=O) groups is 1. The van der Waals surface area contributed by atoms with Crippen molar-refractivity contribution in [3.8, 4) is 5.75 Å². The van der Waals surface area contributed by atoms with Gasteiger partial charge in [-0.15, -0.1) is 11.6 Å². The van der Waals surface area contributed by atoms with Gasteiger partial charge in [-0.3, -0.25) is 4.79 Å². The molecule has 0 spiro atoms. The normalized spacial score (nSPS) is 10.3. The van der Waals surface area contributed by atoms with Gasteiger partial charge in [-0.1, -0.05) is 13.8 Å². The number of aryl methyl sites for hydroxylation is 1. The van der Waals surface area contributed by atoms with E-state index in [9.17, 15) is 4.79 Å². The molecule has 0 amide bonds. The minimum Gasteiger partial charge on any atom is -0.494 e. The maximum atomic E-state index is 11.8. The summed E-state index contributed by atoms with van der Waals surface area (Å²) >= 11 is 5.60. The summed E-state index contributed by atoms with van der Waals surface area (Å²) in [4.78, 5) is 11.8. The molecule has 0 radical (unpaired) electrons. The molecule has 0 fully saturated rings. The van der Waals surface area contributed by atoms with Gasteiger partial charge in [0, 0.05) is 17.9 Å². The van der Waals surface area contributed by atoms with Gasteiger partial charge in [-0.25, -0.2) is 0 Å². The molecule has 0 N–H and O–H groups in total. The molecule has 0 aliphatic heterocycles. The molecule has 1 aromatic rings. The standard InChI is InChI=1S/C14H19ClO2/c1-3-9-17-12-5-6-13(11(4-2)10-12)14(16)7-8-15/h5-6,10H,3-4,7-9H2,1-2H3. The van der Waals surface area contributed by atoms with E-state index < -0.39 is 0 Å². The number of benzene rings is 1. The Hall–Kier alpha value is -1.02. The molecule has 17 heavy (non-hydrogen) atoms. The number of ether oxygens (including phenoxy) is 1. The Balaban J connectivity index is 2.88. The van der Waals surface area contributed by atoms with E-state index in [1.165, 1.54) is 0 Å². The number of alkyl halides is 1. The first-order chi connectivity index (χ1) is 8.22. The van der Waals surface area contributed by atoms with Crippen molar-refractivity contribution in [1.29, 1.82) is 0 Å². The van der Waals surface area contributed by atoms with E-state index >= 15 is 0 Å². The van der Waals surface area contributed by atoms with E-state index in [0.29, 0.717) is 18.9 Å². The van der Waals surface area contributed by atoms with Crippen molar-refractivity contribution in [2.75, 3.05) is 12.5 Å². The number of ketones is 1. The predicted octanol–water partition coefficient (Wildman–Crippen LogP) is 3.85. The van der Waals surface area contributed by atoms with Crippen molar-refractivity contribution in [3.05, 3.63) is 29.3 Å². The van der Waals surface area contributed by atoms with Crippen LogP contribution in [0, 0.1) is 0 Å². The van der Waals surface area contributed by atoms with E-state index in [4.69, 9.17) is 16.3 Å². The minimum atomic E-state index is 0.110. The molecule has 0 saturated heterocycles. The number of Topliss-reactive ketones (excluding diaryl/α,β-unsaturated/α-hetero) is 1. The van der Waals surface area contributed by atoms with E-state index in [-0.39, 0.29) is 5.78 Å². The lowest BCUT2D eigenvalue weighted by Crippen LogP contribution is -2.05. The fourth-order valence-corrected chi connectivity index (χ4v) is 1.84. The molecule has 1 aromatic carbocycles. The van der Waals surface area contributed by atoms with Crippen LogP contribution in [0.5, 0.6) is 5.75 Å². The lowest BCUT2D eigenvalue weighted by Gasteiger charge is -2.10. The summed E-state index contributed by atoms with van der Waals surface area (Å²) in [6.07, 6.45) is 2.20. The van der Waals surface area contributed by atoms with Crippen LogP contribution in [0.3, 0.4) is 0 Å². The number of hydrogen-bond donors (Lipinski definition) is 0. The molecule has 0 aromatic heterocycles. The lowest BCUT2D eigenvalue weighted by atomic mass is 10.00. The van der Waals surface area contributed by atoms with Gasteiger partial charge in [0.05, 0.1) is 6.61 Å². The highest BCUT2D eigenvalue weighted by Crippen LogP contribution is 2.20. The second-order valence-electron chi connectivity index (χ2n) is 3.88. The van der Waals surface area contributed by atoms with Crippen molar-refractivity contribution < 1.29 is 9.53 Å². The zero-order valence-corrected chi connectivity index (χ0v) is 11.2. The molecule has 94 valence electrons. The molecule has 2 nitrogen and oxygen atoms in total. The highest BCUT2D eigenvalue weighted by Gasteiger charge is 2.10. The molecule has 1 rings (SSSR count). The van der Waals surface area contributed by atoms with Crippen LogP contribution in [0.2, 0.25) is 0 Å². The largest absolute Gasteiger partial charge is 0.494 e. The SMILES string of the molecule is CCCOc1ccc(C(=O)CCCl)c(CC)c1. The molecule has 3 heteroatoms. The highest BCUT2D eigenvalue weighted by atomic mass is 35.5. The van der Waals surface area contributed by atoms with Crippen LogP contribution in [-0.2, 0) is 6.42 Å². The Morgan fingerprint density at radius 1 is 1.35 bits per heavy atom. The van der Waals surface area contributed by atoms with Gasteiger partial charge in [-0.2, -0.15) is 0 Å². The van der Waals surface area contributed by atoms with Crippen molar-refractivity contribution in [2.45, 2.75) is 33.1 Å². The molecular formula is C14H19ClO2. The Bertz CT molecular complexity index is 374. The summed E-state index contributed by atoms with van der Waals surface area (Å²) in [6, 6.07) is 5.66. The number of halogens is 1. The summed E-state index contributed by atoms with van der Waals surface area (Å²) in [5, 5.41) is 0. The van der Waals surface area contributed by atoms with Crippen LogP contribution >= 0.6 is 11.6 Å². The number of rotatable bonds is 7. The van der Waals surface area contributed by atoms with Crippen molar-refractivity contribution >= 4 is 17.4 Å². The summed E-state index contributed by atoms with van der Waals surface area (Å²) in [5.74, 6) is 1.32. The smallest absolute Gasteiger partial charge is 0.164 e. The molecule has 0 heterocycles. The summed E-state index contributed by atoms with van der Waals surface area (Å²) in [7, 11) is 0. The van der Waals surface area contributed by atoms with Crippen LogP contribution in [-0.4, -0.2) is 18.3 Å². The summed E-state index contributed by atoms with van der Waals surface area (Å²) < 4.78 is 5.55. The average molecular weight is 255 g/mol. The van der Waals surface area contributed by atoms with Gasteiger partial charge in [0.1, 0.15) is 5.75 Å². The second-order valence-corrected chi connectivity index (χ2v) is 4.26. The van der Waals surface area contributed by atoms with E-state index in [2.05, 4.69) is 6.92 Å². The summed E-state index contributed by atoms with van der Waals surface area (Å²) in [6.45, 7) is 4.81.